The van der Waals surface area contributed by atoms with Crippen molar-refractivity contribution in [3.05, 3.63) is 40.7 Å². The molecule has 1 aliphatic rings. The van der Waals surface area contributed by atoms with Crippen molar-refractivity contribution in [1.82, 2.24) is 19.9 Å². The molecule has 0 saturated carbocycles. The molecule has 24 heavy (non-hydrogen) atoms. The molecular formula is C17H21ClN4O2. The van der Waals surface area contributed by atoms with Gasteiger partial charge in [-0.2, -0.15) is 9.90 Å². The third-order valence-electron chi connectivity index (χ3n) is 4.35. The van der Waals surface area contributed by atoms with Crippen LogP contribution in [0, 0.1) is 6.92 Å². The molecule has 6 nitrogen and oxygen atoms in total. The maximum Gasteiger partial charge on any atom is 0.276 e. The molecule has 1 aromatic heterocycles. The highest BCUT2D eigenvalue weighted by atomic mass is 35.5. The number of carbonyl (C=O) groups is 1. The Morgan fingerprint density at radius 3 is 2.79 bits per heavy atom. The van der Waals surface area contributed by atoms with Crippen LogP contribution in [0.15, 0.2) is 24.3 Å². The lowest BCUT2D eigenvalue weighted by atomic mass is 9.96. The second-order valence-electron chi connectivity index (χ2n) is 6.71. The molecule has 0 spiro atoms. The Labute approximate surface area is 146 Å². The Morgan fingerprint density at radius 2 is 2.12 bits per heavy atom. The lowest BCUT2D eigenvalue weighted by molar-refractivity contribution is 0.0000692. The summed E-state index contributed by atoms with van der Waals surface area (Å²) in [6.07, 6.45) is 1.67. The zero-order valence-electron chi connectivity index (χ0n) is 14.0. The lowest BCUT2D eigenvalue weighted by Crippen LogP contribution is -2.48. The van der Waals surface area contributed by atoms with E-state index in [4.69, 9.17) is 11.6 Å². The summed E-state index contributed by atoms with van der Waals surface area (Å²) in [5.74, 6) is -0.189. The van der Waals surface area contributed by atoms with Gasteiger partial charge in [-0.15, -0.1) is 5.10 Å². The van der Waals surface area contributed by atoms with Gasteiger partial charge < -0.3 is 10.0 Å². The van der Waals surface area contributed by atoms with Crippen molar-refractivity contribution in [1.29, 1.82) is 0 Å². The van der Waals surface area contributed by atoms with Gasteiger partial charge in [0.05, 0.1) is 23.0 Å². The Morgan fingerprint density at radius 1 is 1.38 bits per heavy atom. The van der Waals surface area contributed by atoms with E-state index in [0.717, 1.165) is 12.8 Å². The van der Waals surface area contributed by atoms with Gasteiger partial charge in [0.15, 0.2) is 5.69 Å². The fraction of sp³-hybridized carbons (Fsp3) is 0.471. The van der Waals surface area contributed by atoms with Crippen molar-refractivity contribution in [3.8, 4) is 5.69 Å². The molecule has 1 saturated heterocycles. The second kappa shape index (κ2) is 6.18. The Hall–Kier alpha value is -1.92. The van der Waals surface area contributed by atoms with Crippen LogP contribution in [0.5, 0.6) is 0 Å². The maximum absolute atomic E-state index is 12.9. The third-order valence-corrected chi connectivity index (χ3v) is 4.59. The summed E-state index contributed by atoms with van der Waals surface area (Å²) < 4.78 is 0. The number of nitrogens with zero attached hydrogens (tertiary/aromatic N) is 4. The number of hydrogen-bond acceptors (Lipinski definition) is 4. The standard InChI is InChI=1S/C17H21ClN4O2/c1-11-15(16(23)21-9-5-8-14(21)17(2,3)24)20-22(19-11)13-7-4-6-12(18)10-13/h4,6-7,10,14,24H,5,8-9H2,1-3H3. The molecule has 1 fully saturated rings. The lowest BCUT2D eigenvalue weighted by Gasteiger charge is -2.33. The van der Waals surface area contributed by atoms with E-state index in [1.54, 1.807) is 37.8 Å². The zero-order valence-corrected chi connectivity index (χ0v) is 14.8. The molecule has 2 heterocycles. The summed E-state index contributed by atoms with van der Waals surface area (Å²) in [5.41, 5.74) is 0.626. The summed E-state index contributed by atoms with van der Waals surface area (Å²) in [6, 6.07) is 6.94. The van der Waals surface area contributed by atoms with E-state index in [2.05, 4.69) is 10.2 Å². The Balaban J connectivity index is 1.91. The molecule has 128 valence electrons. The summed E-state index contributed by atoms with van der Waals surface area (Å²) >= 11 is 6.00. The minimum atomic E-state index is -0.941. The SMILES string of the molecule is Cc1nn(-c2cccc(Cl)c2)nc1C(=O)N1CCCC1C(C)(C)O. The topological polar surface area (TPSA) is 71.2 Å². The van der Waals surface area contributed by atoms with Gasteiger partial charge in [-0.1, -0.05) is 17.7 Å². The first-order valence-corrected chi connectivity index (χ1v) is 8.38. The van der Waals surface area contributed by atoms with Crippen LogP contribution in [-0.2, 0) is 0 Å². The first-order chi connectivity index (χ1) is 11.3. The summed E-state index contributed by atoms with van der Waals surface area (Å²) in [5, 5.41) is 19.6. The van der Waals surface area contributed by atoms with Gasteiger partial charge >= 0.3 is 0 Å². The van der Waals surface area contributed by atoms with E-state index >= 15 is 0 Å². The van der Waals surface area contributed by atoms with Gasteiger partial charge in [-0.25, -0.2) is 0 Å². The van der Waals surface area contributed by atoms with Crippen LogP contribution in [0.25, 0.3) is 5.69 Å². The monoisotopic (exact) mass is 348 g/mol. The fourth-order valence-corrected chi connectivity index (χ4v) is 3.36. The molecule has 0 bridgehead atoms. The molecule has 0 aliphatic carbocycles. The number of aliphatic hydroxyl groups is 1. The number of rotatable bonds is 3. The van der Waals surface area contributed by atoms with Crippen molar-refractivity contribution in [2.24, 2.45) is 0 Å². The number of aryl methyl sites for hydroxylation is 1. The number of amides is 1. The van der Waals surface area contributed by atoms with Crippen LogP contribution in [-0.4, -0.2) is 49.1 Å². The van der Waals surface area contributed by atoms with Crippen LogP contribution in [0.4, 0.5) is 0 Å². The minimum absolute atomic E-state index is 0.189. The van der Waals surface area contributed by atoms with E-state index in [1.807, 2.05) is 12.1 Å². The fourth-order valence-electron chi connectivity index (χ4n) is 3.17. The Bertz CT molecular complexity index is 766. The second-order valence-corrected chi connectivity index (χ2v) is 7.15. The molecule has 1 aromatic carbocycles. The predicted octanol–water partition coefficient (Wildman–Crippen LogP) is 2.60. The first kappa shape index (κ1) is 16.9. The summed E-state index contributed by atoms with van der Waals surface area (Å²) in [7, 11) is 0. The van der Waals surface area contributed by atoms with Crippen LogP contribution in [0.3, 0.4) is 0 Å². The number of carbonyl (C=O) groups excluding carboxylic acids is 1. The van der Waals surface area contributed by atoms with E-state index < -0.39 is 5.60 Å². The van der Waals surface area contributed by atoms with Gasteiger partial charge in [0.25, 0.3) is 5.91 Å². The highest BCUT2D eigenvalue weighted by Crippen LogP contribution is 2.28. The zero-order chi connectivity index (χ0) is 17.5. The first-order valence-electron chi connectivity index (χ1n) is 8.00. The normalized spacial score (nSPS) is 18.2. The molecular weight excluding hydrogens is 328 g/mol. The highest BCUT2D eigenvalue weighted by Gasteiger charge is 2.40. The van der Waals surface area contributed by atoms with Crippen LogP contribution in [0.2, 0.25) is 5.02 Å². The van der Waals surface area contributed by atoms with Crippen molar-refractivity contribution < 1.29 is 9.90 Å². The van der Waals surface area contributed by atoms with Gasteiger partial charge in [0.1, 0.15) is 0 Å². The van der Waals surface area contributed by atoms with E-state index in [1.165, 1.54) is 4.80 Å². The van der Waals surface area contributed by atoms with Crippen molar-refractivity contribution >= 4 is 17.5 Å². The number of hydrogen-bond donors (Lipinski definition) is 1. The van der Waals surface area contributed by atoms with Crippen LogP contribution in [0.1, 0.15) is 42.9 Å². The number of likely N-dealkylation sites (tertiary alicyclic amines) is 1. The summed E-state index contributed by atoms with van der Waals surface area (Å²) in [6.45, 7) is 5.85. The molecule has 0 radical (unpaired) electrons. The average molecular weight is 349 g/mol. The van der Waals surface area contributed by atoms with Gasteiger partial charge in [0, 0.05) is 11.6 Å². The minimum Gasteiger partial charge on any atom is -0.388 e. The Kier molecular flexibility index (Phi) is 4.36. The maximum atomic E-state index is 12.9. The molecule has 1 N–H and O–H groups in total. The quantitative estimate of drug-likeness (QED) is 0.925. The molecule has 1 aliphatic heterocycles. The molecule has 1 unspecified atom stereocenters. The predicted molar refractivity (Wildman–Crippen MR) is 91.5 cm³/mol. The van der Waals surface area contributed by atoms with E-state index in [9.17, 15) is 9.90 Å². The van der Waals surface area contributed by atoms with Crippen molar-refractivity contribution in [3.63, 3.8) is 0 Å². The average Bonchev–Trinajstić information content (AvgIpc) is 3.12. The van der Waals surface area contributed by atoms with Gasteiger partial charge in [-0.05, 0) is 51.8 Å². The van der Waals surface area contributed by atoms with Gasteiger partial charge in [0.2, 0.25) is 0 Å². The molecule has 1 amide bonds. The van der Waals surface area contributed by atoms with Crippen LogP contribution < -0.4 is 0 Å². The largest absolute Gasteiger partial charge is 0.388 e. The molecule has 3 rings (SSSR count). The van der Waals surface area contributed by atoms with Crippen molar-refractivity contribution in [2.45, 2.75) is 45.3 Å². The smallest absolute Gasteiger partial charge is 0.276 e. The van der Waals surface area contributed by atoms with E-state index in [0.29, 0.717) is 28.6 Å². The molecule has 2 aromatic rings. The number of aromatic nitrogens is 3. The highest BCUT2D eigenvalue weighted by molar-refractivity contribution is 6.30. The number of halogens is 1. The molecule has 7 heteroatoms. The van der Waals surface area contributed by atoms with Crippen LogP contribution >= 0.6 is 11.6 Å². The van der Waals surface area contributed by atoms with Crippen molar-refractivity contribution in [2.75, 3.05) is 6.54 Å². The van der Waals surface area contributed by atoms with E-state index in [-0.39, 0.29) is 11.9 Å². The summed E-state index contributed by atoms with van der Waals surface area (Å²) in [4.78, 5) is 16.0. The molecule has 1 atom stereocenters. The number of benzene rings is 1. The van der Waals surface area contributed by atoms with Gasteiger partial charge in [-0.3, -0.25) is 4.79 Å². The third kappa shape index (κ3) is 3.16.